The SMILES string of the molecule is COc1ccc(C(OC[C@H]2O[C@@H](n3ccc4cc([N+](=O)[O-])ccc43)[C@@H](O)C2O)(c2ccccc2)c2ccc(OC)cc2)cc1. The van der Waals surface area contributed by atoms with Crippen LogP contribution in [0.1, 0.15) is 22.9 Å². The Morgan fingerprint density at radius 2 is 1.41 bits per heavy atom. The van der Waals surface area contributed by atoms with Crippen LogP contribution in [0.25, 0.3) is 10.9 Å². The number of nitro benzene ring substituents is 1. The molecule has 6 rings (SSSR count). The minimum Gasteiger partial charge on any atom is -0.497 e. The molecule has 1 aliphatic rings. The van der Waals surface area contributed by atoms with Crippen molar-refractivity contribution in [1.29, 1.82) is 0 Å². The van der Waals surface area contributed by atoms with E-state index in [-0.39, 0.29) is 12.3 Å². The number of aliphatic hydroxyl groups excluding tert-OH is 2. The van der Waals surface area contributed by atoms with Gasteiger partial charge in [0.2, 0.25) is 0 Å². The minimum atomic E-state index is -1.28. The summed E-state index contributed by atoms with van der Waals surface area (Å²) >= 11 is 0. The highest BCUT2D eigenvalue weighted by Gasteiger charge is 2.46. The smallest absolute Gasteiger partial charge is 0.270 e. The van der Waals surface area contributed by atoms with Crippen LogP contribution in [0.4, 0.5) is 5.69 Å². The summed E-state index contributed by atoms with van der Waals surface area (Å²) in [6.07, 6.45) is -2.70. The second-order valence-corrected chi connectivity index (χ2v) is 10.6. The van der Waals surface area contributed by atoms with Crippen LogP contribution in [0.15, 0.2) is 109 Å². The highest BCUT2D eigenvalue weighted by molar-refractivity contribution is 5.82. The van der Waals surface area contributed by atoms with Crippen molar-refractivity contribution in [3.05, 3.63) is 136 Å². The summed E-state index contributed by atoms with van der Waals surface area (Å²) in [6.45, 7) is -0.0770. The van der Waals surface area contributed by atoms with E-state index >= 15 is 0 Å². The van der Waals surface area contributed by atoms with Crippen molar-refractivity contribution in [3.8, 4) is 11.5 Å². The van der Waals surface area contributed by atoms with E-state index in [2.05, 4.69) is 0 Å². The number of benzene rings is 4. The number of nitrogens with zero attached hydrogens (tertiary/aromatic N) is 2. The summed E-state index contributed by atoms with van der Waals surface area (Å²) in [4.78, 5) is 10.8. The lowest BCUT2D eigenvalue weighted by molar-refractivity contribution is -0.384. The molecule has 1 unspecified atom stereocenters. The molecule has 5 aromatic rings. The Hall–Kier alpha value is -4.74. The number of ether oxygens (including phenoxy) is 4. The first-order valence-electron chi connectivity index (χ1n) is 14.1. The zero-order valence-electron chi connectivity index (χ0n) is 24.1. The van der Waals surface area contributed by atoms with Crippen molar-refractivity contribution in [2.45, 2.75) is 30.1 Å². The van der Waals surface area contributed by atoms with Crippen LogP contribution in [-0.2, 0) is 15.1 Å². The Morgan fingerprint density at radius 3 is 1.98 bits per heavy atom. The van der Waals surface area contributed by atoms with Gasteiger partial charge in [0.05, 0.1) is 31.3 Å². The predicted molar refractivity (Wildman–Crippen MR) is 163 cm³/mol. The summed E-state index contributed by atoms with van der Waals surface area (Å²) in [5, 5.41) is 34.1. The largest absolute Gasteiger partial charge is 0.497 e. The summed E-state index contributed by atoms with van der Waals surface area (Å²) < 4.78 is 25.6. The van der Waals surface area contributed by atoms with Gasteiger partial charge < -0.3 is 33.7 Å². The van der Waals surface area contributed by atoms with Crippen LogP contribution in [0.5, 0.6) is 11.5 Å². The minimum absolute atomic E-state index is 0.0382. The van der Waals surface area contributed by atoms with Gasteiger partial charge in [0.15, 0.2) is 6.23 Å². The number of fused-ring (bicyclic) bond motifs is 1. The van der Waals surface area contributed by atoms with Crippen LogP contribution < -0.4 is 9.47 Å². The van der Waals surface area contributed by atoms with Crippen LogP contribution in [0.2, 0.25) is 0 Å². The molecule has 2 heterocycles. The van der Waals surface area contributed by atoms with E-state index in [0.717, 1.165) is 16.7 Å². The highest BCUT2D eigenvalue weighted by atomic mass is 16.6. The molecule has 0 aliphatic carbocycles. The highest BCUT2D eigenvalue weighted by Crippen LogP contribution is 2.43. The standard InChI is InChI=1S/C34H32N2O8/c1-41-27-13-8-24(9-14-27)34(23-6-4-3-5-7-23,25-10-15-28(42-2)16-11-25)43-21-30-31(37)32(38)33(44-30)35-19-18-22-20-26(36(39)40)12-17-29(22)35/h3-20,30-33,37-38H,21H2,1-2H3/t30-,31?,32+,33-/m1/s1. The third-order valence-electron chi connectivity index (χ3n) is 8.16. The molecule has 0 radical (unpaired) electrons. The fourth-order valence-corrected chi connectivity index (χ4v) is 5.87. The molecule has 0 saturated carbocycles. The van der Waals surface area contributed by atoms with Gasteiger partial charge >= 0.3 is 0 Å². The van der Waals surface area contributed by atoms with Crippen molar-refractivity contribution >= 4 is 16.6 Å². The van der Waals surface area contributed by atoms with E-state index in [1.54, 1.807) is 37.1 Å². The second-order valence-electron chi connectivity index (χ2n) is 10.6. The fraction of sp³-hybridized carbons (Fsp3) is 0.235. The Balaban J connectivity index is 1.37. The quantitative estimate of drug-likeness (QED) is 0.128. The van der Waals surface area contributed by atoms with E-state index in [9.17, 15) is 20.3 Å². The molecule has 1 fully saturated rings. The number of rotatable bonds is 10. The Kier molecular flexibility index (Phi) is 8.07. The van der Waals surface area contributed by atoms with Crippen LogP contribution in [0, 0.1) is 10.1 Å². The van der Waals surface area contributed by atoms with Gasteiger partial charge in [-0.3, -0.25) is 10.1 Å². The van der Waals surface area contributed by atoms with Crippen molar-refractivity contribution in [2.75, 3.05) is 20.8 Å². The monoisotopic (exact) mass is 596 g/mol. The molecule has 226 valence electrons. The number of non-ortho nitro benzene ring substituents is 1. The molecule has 2 N–H and O–H groups in total. The first-order valence-corrected chi connectivity index (χ1v) is 14.1. The molecule has 4 aromatic carbocycles. The molecule has 4 atom stereocenters. The van der Waals surface area contributed by atoms with E-state index < -0.39 is 35.1 Å². The fourth-order valence-electron chi connectivity index (χ4n) is 5.87. The molecule has 0 bridgehead atoms. The Bertz CT molecular complexity index is 1690. The maximum absolute atomic E-state index is 11.2. The molecular weight excluding hydrogens is 564 g/mol. The zero-order valence-corrected chi connectivity index (χ0v) is 24.1. The van der Waals surface area contributed by atoms with E-state index in [0.29, 0.717) is 22.4 Å². The maximum atomic E-state index is 11.2. The molecule has 10 nitrogen and oxygen atoms in total. The van der Waals surface area contributed by atoms with Crippen molar-refractivity contribution in [1.82, 2.24) is 4.57 Å². The average molecular weight is 597 g/mol. The number of nitro groups is 1. The molecule has 1 saturated heterocycles. The second kappa shape index (κ2) is 12.1. The van der Waals surface area contributed by atoms with Crippen LogP contribution in [-0.4, -0.2) is 58.8 Å². The first kappa shape index (κ1) is 29.3. The molecule has 10 heteroatoms. The number of aromatic nitrogens is 1. The maximum Gasteiger partial charge on any atom is 0.270 e. The normalized spacial score (nSPS) is 20.1. The van der Waals surface area contributed by atoms with E-state index in [1.165, 1.54) is 12.1 Å². The zero-order chi connectivity index (χ0) is 30.8. The lowest BCUT2D eigenvalue weighted by Gasteiger charge is -2.37. The van der Waals surface area contributed by atoms with Gasteiger partial charge in [0, 0.05) is 23.7 Å². The molecular formula is C34H32N2O8. The Labute approximate surface area is 253 Å². The van der Waals surface area contributed by atoms with Crippen LogP contribution in [0.3, 0.4) is 0 Å². The number of hydrogen-bond donors (Lipinski definition) is 2. The lowest BCUT2D eigenvalue weighted by Crippen LogP contribution is -2.39. The van der Waals surface area contributed by atoms with Gasteiger partial charge in [-0.25, -0.2) is 0 Å². The summed E-state index contributed by atoms with van der Waals surface area (Å²) in [6, 6.07) is 31.1. The third kappa shape index (κ3) is 5.18. The average Bonchev–Trinajstić information content (AvgIpc) is 3.61. The number of hydrogen-bond acceptors (Lipinski definition) is 8. The predicted octanol–water partition coefficient (Wildman–Crippen LogP) is 5.19. The van der Waals surface area contributed by atoms with Gasteiger partial charge in [-0.05, 0) is 53.1 Å². The summed E-state index contributed by atoms with van der Waals surface area (Å²) in [5.74, 6) is 1.38. The van der Waals surface area contributed by atoms with Gasteiger partial charge in [0.1, 0.15) is 35.4 Å². The van der Waals surface area contributed by atoms with Gasteiger partial charge in [-0.1, -0.05) is 54.6 Å². The van der Waals surface area contributed by atoms with Crippen molar-refractivity contribution in [3.63, 3.8) is 0 Å². The Morgan fingerprint density at radius 1 is 0.818 bits per heavy atom. The number of methoxy groups -OCH3 is 2. The summed E-state index contributed by atoms with van der Waals surface area (Å²) in [7, 11) is 3.21. The molecule has 44 heavy (non-hydrogen) atoms. The van der Waals surface area contributed by atoms with Crippen molar-refractivity contribution < 1.29 is 34.1 Å². The van der Waals surface area contributed by atoms with E-state index in [4.69, 9.17) is 18.9 Å². The molecule has 0 amide bonds. The molecule has 1 aromatic heterocycles. The number of aliphatic hydroxyl groups is 2. The molecule has 0 spiro atoms. The summed E-state index contributed by atoms with van der Waals surface area (Å²) in [5.41, 5.74) is 1.94. The van der Waals surface area contributed by atoms with E-state index in [1.807, 2.05) is 78.9 Å². The van der Waals surface area contributed by atoms with Gasteiger partial charge in [-0.2, -0.15) is 0 Å². The molecule has 1 aliphatic heterocycles. The topological polar surface area (TPSA) is 125 Å². The first-order chi connectivity index (χ1) is 21.3. The van der Waals surface area contributed by atoms with Crippen LogP contribution >= 0.6 is 0 Å². The van der Waals surface area contributed by atoms with Gasteiger partial charge in [-0.15, -0.1) is 0 Å². The van der Waals surface area contributed by atoms with Gasteiger partial charge in [0.25, 0.3) is 5.69 Å². The third-order valence-corrected chi connectivity index (χ3v) is 8.16. The van der Waals surface area contributed by atoms with Crippen molar-refractivity contribution in [2.24, 2.45) is 0 Å². The lowest BCUT2D eigenvalue weighted by atomic mass is 9.80.